The van der Waals surface area contributed by atoms with Crippen molar-refractivity contribution in [3.63, 3.8) is 0 Å². The van der Waals surface area contributed by atoms with Crippen molar-refractivity contribution in [2.45, 2.75) is 20.8 Å². The maximum atomic E-state index is 5.29. The van der Waals surface area contributed by atoms with E-state index in [2.05, 4.69) is 41.6 Å². The lowest BCUT2D eigenvalue weighted by atomic mass is 10.1. The van der Waals surface area contributed by atoms with Crippen molar-refractivity contribution < 1.29 is 0 Å². The molecule has 0 amide bonds. The van der Waals surface area contributed by atoms with Crippen molar-refractivity contribution in [2.24, 2.45) is 0 Å². The molecule has 0 unspecified atom stereocenters. The maximum absolute atomic E-state index is 5.29. The largest absolute Gasteiger partial charge is 0.332 e. The number of thiocarbonyl (C=S) groups is 1. The number of hydrogen-bond acceptors (Lipinski definition) is 2. The van der Waals surface area contributed by atoms with Crippen molar-refractivity contribution >= 4 is 28.8 Å². The highest BCUT2D eigenvalue weighted by atomic mass is 32.1. The van der Waals surface area contributed by atoms with Crippen LogP contribution in [0.25, 0.3) is 0 Å². The molecule has 2 rings (SSSR count). The van der Waals surface area contributed by atoms with Gasteiger partial charge in [-0.25, -0.2) is 4.98 Å². The summed E-state index contributed by atoms with van der Waals surface area (Å²) >= 11 is 5.29. The molecule has 0 radical (unpaired) electrons. The predicted molar refractivity (Wildman–Crippen MR) is 84.7 cm³/mol. The SMILES string of the molecule is Cc1ccc(NC(=S)Nc2cccc(C)n2)c(C)c1. The molecule has 4 heteroatoms. The normalized spacial score (nSPS) is 10.1. The molecular formula is C15H17N3S. The zero-order valence-corrected chi connectivity index (χ0v) is 12.1. The van der Waals surface area contributed by atoms with Crippen LogP contribution >= 0.6 is 12.2 Å². The summed E-state index contributed by atoms with van der Waals surface area (Å²) in [4.78, 5) is 4.35. The third kappa shape index (κ3) is 3.76. The summed E-state index contributed by atoms with van der Waals surface area (Å²) in [6.07, 6.45) is 0. The lowest BCUT2D eigenvalue weighted by molar-refractivity contribution is 1.20. The van der Waals surface area contributed by atoms with Crippen LogP contribution in [0.4, 0.5) is 11.5 Å². The van der Waals surface area contributed by atoms with Gasteiger partial charge in [-0.2, -0.15) is 0 Å². The molecule has 0 atom stereocenters. The van der Waals surface area contributed by atoms with Gasteiger partial charge in [0.1, 0.15) is 5.82 Å². The van der Waals surface area contributed by atoms with Gasteiger partial charge >= 0.3 is 0 Å². The van der Waals surface area contributed by atoms with E-state index in [9.17, 15) is 0 Å². The highest BCUT2D eigenvalue weighted by Gasteiger charge is 2.02. The van der Waals surface area contributed by atoms with E-state index >= 15 is 0 Å². The van der Waals surface area contributed by atoms with Crippen LogP contribution < -0.4 is 10.6 Å². The molecule has 98 valence electrons. The smallest absolute Gasteiger partial charge is 0.176 e. The number of rotatable bonds is 2. The second kappa shape index (κ2) is 5.80. The van der Waals surface area contributed by atoms with Crippen molar-refractivity contribution in [3.05, 3.63) is 53.2 Å². The quantitative estimate of drug-likeness (QED) is 0.814. The fourth-order valence-electron chi connectivity index (χ4n) is 1.84. The molecule has 0 aliphatic heterocycles. The van der Waals surface area contributed by atoms with E-state index in [0.717, 1.165) is 17.2 Å². The topological polar surface area (TPSA) is 37.0 Å². The first-order chi connectivity index (χ1) is 9.04. The van der Waals surface area contributed by atoms with Gasteiger partial charge in [-0.3, -0.25) is 0 Å². The number of pyridine rings is 1. The minimum Gasteiger partial charge on any atom is -0.332 e. The number of hydrogen-bond donors (Lipinski definition) is 2. The molecule has 2 N–H and O–H groups in total. The first kappa shape index (κ1) is 13.5. The summed E-state index contributed by atoms with van der Waals surface area (Å²) in [5, 5.41) is 6.81. The lowest BCUT2D eigenvalue weighted by Gasteiger charge is -2.12. The minimum absolute atomic E-state index is 0.546. The Morgan fingerprint density at radius 2 is 1.84 bits per heavy atom. The lowest BCUT2D eigenvalue weighted by Crippen LogP contribution is -2.20. The number of aromatic nitrogens is 1. The fraction of sp³-hybridized carbons (Fsp3) is 0.200. The summed E-state index contributed by atoms with van der Waals surface area (Å²) in [6.45, 7) is 6.08. The molecule has 1 aromatic heterocycles. The van der Waals surface area contributed by atoms with Crippen LogP contribution in [0.1, 0.15) is 16.8 Å². The van der Waals surface area contributed by atoms with Gasteiger partial charge in [0.15, 0.2) is 5.11 Å². The molecule has 1 heterocycles. The van der Waals surface area contributed by atoms with Crippen LogP contribution in [-0.2, 0) is 0 Å². The van der Waals surface area contributed by atoms with Gasteiger partial charge in [-0.15, -0.1) is 0 Å². The molecular weight excluding hydrogens is 254 g/mol. The van der Waals surface area contributed by atoms with Crippen LogP contribution in [0.5, 0.6) is 0 Å². The zero-order chi connectivity index (χ0) is 13.8. The number of nitrogens with zero attached hydrogens (tertiary/aromatic N) is 1. The third-order valence-electron chi connectivity index (χ3n) is 2.76. The molecule has 0 aliphatic rings. The van der Waals surface area contributed by atoms with E-state index in [-0.39, 0.29) is 0 Å². The van der Waals surface area contributed by atoms with E-state index in [4.69, 9.17) is 12.2 Å². The first-order valence-corrected chi connectivity index (χ1v) is 6.54. The van der Waals surface area contributed by atoms with Crippen LogP contribution in [0.2, 0.25) is 0 Å². The van der Waals surface area contributed by atoms with Crippen LogP contribution in [0.3, 0.4) is 0 Å². The number of anilines is 2. The molecule has 1 aromatic carbocycles. The highest BCUT2D eigenvalue weighted by Crippen LogP contribution is 2.16. The molecule has 19 heavy (non-hydrogen) atoms. The zero-order valence-electron chi connectivity index (χ0n) is 11.3. The van der Waals surface area contributed by atoms with Gasteiger partial charge in [0, 0.05) is 11.4 Å². The van der Waals surface area contributed by atoms with Crippen LogP contribution in [0.15, 0.2) is 36.4 Å². The Hall–Kier alpha value is -1.94. The fourth-order valence-corrected chi connectivity index (χ4v) is 2.05. The van der Waals surface area contributed by atoms with E-state index in [0.29, 0.717) is 5.11 Å². The third-order valence-corrected chi connectivity index (χ3v) is 2.96. The summed E-state index contributed by atoms with van der Waals surface area (Å²) in [5.41, 5.74) is 4.37. The summed E-state index contributed by atoms with van der Waals surface area (Å²) < 4.78 is 0. The second-order valence-electron chi connectivity index (χ2n) is 4.56. The molecule has 3 nitrogen and oxygen atoms in total. The molecule has 0 saturated heterocycles. The van der Waals surface area contributed by atoms with E-state index < -0.39 is 0 Å². The summed E-state index contributed by atoms with van der Waals surface area (Å²) in [7, 11) is 0. The van der Waals surface area contributed by atoms with Crippen molar-refractivity contribution in [2.75, 3.05) is 10.6 Å². The minimum atomic E-state index is 0.546. The molecule has 0 fully saturated rings. The highest BCUT2D eigenvalue weighted by molar-refractivity contribution is 7.80. The Balaban J connectivity index is 2.05. The van der Waals surface area contributed by atoms with Crippen molar-refractivity contribution in [3.8, 4) is 0 Å². The van der Waals surface area contributed by atoms with E-state index in [1.807, 2.05) is 31.2 Å². The Morgan fingerprint density at radius 3 is 2.53 bits per heavy atom. The van der Waals surface area contributed by atoms with Gasteiger partial charge in [0.2, 0.25) is 0 Å². The van der Waals surface area contributed by atoms with Crippen molar-refractivity contribution in [1.29, 1.82) is 0 Å². The van der Waals surface area contributed by atoms with Crippen LogP contribution in [-0.4, -0.2) is 10.1 Å². The Kier molecular flexibility index (Phi) is 4.12. The van der Waals surface area contributed by atoms with Gasteiger partial charge in [0.25, 0.3) is 0 Å². The van der Waals surface area contributed by atoms with Gasteiger partial charge in [-0.1, -0.05) is 23.8 Å². The molecule has 0 saturated carbocycles. The standard InChI is InChI=1S/C15H17N3S/c1-10-7-8-13(11(2)9-10)17-15(19)18-14-6-4-5-12(3)16-14/h4-9H,1-3H3,(H2,16,17,18,19). The van der Waals surface area contributed by atoms with E-state index in [1.165, 1.54) is 11.1 Å². The van der Waals surface area contributed by atoms with Crippen molar-refractivity contribution in [1.82, 2.24) is 4.98 Å². The second-order valence-corrected chi connectivity index (χ2v) is 4.97. The molecule has 0 aliphatic carbocycles. The number of aryl methyl sites for hydroxylation is 3. The van der Waals surface area contributed by atoms with Crippen LogP contribution in [0, 0.1) is 20.8 Å². The molecule has 0 spiro atoms. The van der Waals surface area contributed by atoms with Gasteiger partial charge in [0.05, 0.1) is 0 Å². The average Bonchev–Trinajstić information content (AvgIpc) is 2.33. The predicted octanol–water partition coefficient (Wildman–Crippen LogP) is 3.82. The summed E-state index contributed by atoms with van der Waals surface area (Å²) in [5.74, 6) is 0.752. The Labute approximate surface area is 119 Å². The average molecular weight is 271 g/mol. The number of benzene rings is 1. The van der Waals surface area contributed by atoms with Gasteiger partial charge < -0.3 is 10.6 Å². The molecule has 0 bridgehead atoms. The van der Waals surface area contributed by atoms with E-state index in [1.54, 1.807) is 0 Å². The maximum Gasteiger partial charge on any atom is 0.176 e. The molecule has 2 aromatic rings. The monoisotopic (exact) mass is 271 g/mol. The first-order valence-electron chi connectivity index (χ1n) is 6.13. The number of nitrogens with one attached hydrogen (secondary N) is 2. The Morgan fingerprint density at radius 1 is 1.05 bits per heavy atom. The summed E-state index contributed by atoms with van der Waals surface area (Å²) in [6, 6.07) is 12.0. The van der Waals surface area contributed by atoms with Gasteiger partial charge in [-0.05, 0) is 56.8 Å². The Bertz CT molecular complexity index is 608.